The molecule has 1 heterocycles. The van der Waals surface area contributed by atoms with Crippen molar-refractivity contribution in [3.05, 3.63) is 66.5 Å². The third-order valence-corrected chi connectivity index (χ3v) is 2.49. The second-order valence-corrected chi connectivity index (χ2v) is 4.12. The quantitative estimate of drug-likeness (QED) is 0.704. The zero-order valence-electron chi connectivity index (χ0n) is 10.8. The third-order valence-electron chi connectivity index (χ3n) is 2.49. The van der Waals surface area contributed by atoms with Gasteiger partial charge < -0.3 is 0 Å². The highest BCUT2D eigenvalue weighted by molar-refractivity contribution is 5.11. The molecule has 0 radical (unpaired) electrons. The molecule has 0 N–H and O–H groups in total. The summed E-state index contributed by atoms with van der Waals surface area (Å²) in [6.07, 6.45) is 6.75. The van der Waals surface area contributed by atoms with E-state index in [0.29, 0.717) is 0 Å². The van der Waals surface area contributed by atoms with E-state index in [0.717, 1.165) is 6.54 Å². The van der Waals surface area contributed by atoms with E-state index in [-0.39, 0.29) is 0 Å². The number of unbranched alkanes of at least 4 members (excludes halogenated alkanes) is 1. The van der Waals surface area contributed by atoms with Crippen LogP contribution in [0.15, 0.2) is 60.9 Å². The molecule has 0 unspecified atom stereocenters. The molecule has 0 amide bonds. The molecule has 1 heteroatoms. The minimum absolute atomic E-state index is 1.15. The smallest absolute Gasteiger partial charge is 0.168 e. The molecule has 0 atom stereocenters. The fraction of sp³-hybridized carbons (Fsp3) is 0.312. The van der Waals surface area contributed by atoms with E-state index in [1.807, 2.05) is 24.3 Å². The lowest BCUT2D eigenvalue weighted by molar-refractivity contribution is -0.697. The number of hydrogen-bond acceptors (Lipinski definition) is 0. The molecule has 0 aliphatic heterocycles. The molecule has 0 saturated heterocycles. The molecular formula is C16H22N+. The molecule has 2 aromatic rings. The monoisotopic (exact) mass is 228 g/mol. The number of hydrogen-bond donors (Lipinski definition) is 0. The van der Waals surface area contributed by atoms with Crippen LogP contribution in [0.1, 0.15) is 25.3 Å². The minimum Gasteiger partial charge on any atom is -0.205 e. The average molecular weight is 228 g/mol. The van der Waals surface area contributed by atoms with Crippen LogP contribution in [0.4, 0.5) is 0 Å². The molecular weight excluding hydrogens is 206 g/mol. The van der Waals surface area contributed by atoms with Gasteiger partial charge in [0.15, 0.2) is 12.4 Å². The van der Waals surface area contributed by atoms with Crippen molar-refractivity contribution in [2.45, 2.75) is 33.2 Å². The fourth-order valence-corrected chi connectivity index (χ4v) is 1.46. The predicted octanol–water partition coefficient (Wildman–Crippen LogP) is 3.77. The lowest BCUT2D eigenvalue weighted by Gasteiger charge is -1.91. The van der Waals surface area contributed by atoms with E-state index in [1.165, 1.54) is 18.4 Å². The Balaban J connectivity index is 0.000000181. The van der Waals surface area contributed by atoms with Crippen LogP contribution in [0.5, 0.6) is 0 Å². The summed E-state index contributed by atoms with van der Waals surface area (Å²) in [5, 5.41) is 0. The topological polar surface area (TPSA) is 3.88 Å². The highest BCUT2D eigenvalue weighted by atomic mass is 14.9. The number of aromatic nitrogens is 1. The van der Waals surface area contributed by atoms with E-state index >= 15 is 0 Å². The summed E-state index contributed by atoms with van der Waals surface area (Å²) in [6.45, 7) is 5.45. The Morgan fingerprint density at radius 2 is 1.47 bits per heavy atom. The van der Waals surface area contributed by atoms with Gasteiger partial charge in [0.2, 0.25) is 0 Å². The zero-order valence-corrected chi connectivity index (χ0v) is 10.8. The van der Waals surface area contributed by atoms with Crippen LogP contribution in [-0.2, 0) is 6.54 Å². The van der Waals surface area contributed by atoms with Crippen molar-refractivity contribution in [2.24, 2.45) is 0 Å². The van der Waals surface area contributed by atoms with Gasteiger partial charge in [-0.3, -0.25) is 0 Å². The standard InChI is InChI=1S/C9H14N.C7H8/c1-2-3-7-10-8-5-4-6-9-10;1-7-5-3-2-4-6-7/h4-6,8-9H,2-3,7H2,1H3;2-6H,1H3/q+1;. The van der Waals surface area contributed by atoms with Gasteiger partial charge in [-0.25, -0.2) is 4.57 Å². The van der Waals surface area contributed by atoms with Crippen molar-refractivity contribution in [1.29, 1.82) is 0 Å². The van der Waals surface area contributed by atoms with Crippen LogP contribution >= 0.6 is 0 Å². The van der Waals surface area contributed by atoms with E-state index < -0.39 is 0 Å². The van der Waals surface area contributed by atoms with E-state index in [1.54, 1.807) is 0 Å². The van der Waals surface area contributed by atoms with Crippen molar-refractivity contribution in [3.8, 4) is 0 Å². The largest absolute Gasteiger partial charge is 0.205 e. The van der Waals surface area contributed by atoms with Crippen LogP contribution in [0, 0.1) is 6.92 Å². The first-order chi connectivity index (χ1) is 8.33. The maximum absolute atomic E-state index is 2.21. The Bertz CT molecular complexity index is 381. The summed E-state index contributed by atoms with van der Waals surface area (Å²) >= 11 is 0. The van der Waals surface area contributed by atoms with E-state index in [2.05, 4.69) is 55.1 Å². The molecule has 0 aliphatic carbocycles. The molecule has 0 spiro atoms. The highest BCUT2D eigenvalue weighted by Gasteiger charge is 1.93. The summed E-state index contributed by atoms with van der Waals surface area (Å²) in [5.41, 5.74) is 1.32. The second-order valence-electron chi connectivity index (χ2n) is 4.12. The van der Waals surface area contributed by atoms with Gasteiger partial charge in [-0.15, -0.1) is 0 Å². The first-order valence-corrected chi connectivity index (χ1v) is 6.28. The molecule has 0 bridgehead atoms. The lowest BCUT2D eigenvalue weighted by atomic mass is 10.2. The van der Waals surface area contributed by atoms with Gasteiger partial charge in [-0.05, 0) is 6.92 Å². The Morgan fingerprint density at radius 1 is 0.882 bits per heavy atom. The first kappa shape index (κ1) is 13.4. The van der Waals surface area contributed by atoms with Gasteiger partial charge in [0.1, 0.15) is 6.54 Å². The maximum atomic E-state index is 2.21. The Hall–Kier alpha value is -1.63. The van der Waals surface area contributed by atoms with Crippen molar-refractivity contribution in [3.63, 3.8) is 0 Å². The summed E-state index contributed by atoms with van der Waals surface area (Å²) in [6, 6.07) is 16.4. The lowest BCUT2D eigenvalue weighted by Crippen LogP contribution is -2.31. The first-order valence-electron chi connectivity index (χ1n) is 6.28. The van der Waals surface area contributed by atoms with E-state index in [9.17, 15) is 0 Å². The predicted molar refractivity (Wildman–Crippen MR) is 72.7 cm³/mol. The van der Waals surface area contributed by atoms with Gasteiger partial charge in [-0.2, -0.15) is 0 Å². The average Bonchev–Trinajstić information content (AvgIpc) is 2.39. The number of nitrogens with zero attached hydrogens (tertiary/aromatic N) is 1. The molecule has 0 fully saturated rings. The molecule has 90 valence electrons. The maximum Gasteiger partial charge on any atom is 0.168 e. The zero-order chi connectivity index (χ0) is 12.3. The summed E-state index contributed by atoms with van der Waals surface area (Å²) in [4.78, 5) is 0. The molecule has 0 saturated carbocycles. The summed E-state index contributed by atoms with van der Waals surface area (Å²) < 4.78 is 2.21. The van der Waals surface area contributed by atoms with Crippen LogP contribution < -0.4 is 4.57 Å². The fourth-order valence-electron chi connectivity index (χ4n) is 1.46. The van der Waals surface area contributed by atoms with Crippen LogP contribution in [0.2, 0.25) is 0 Å². The third kappa shape index (κ3) is 6.52. The summed E-state index contributed by atoms with van der Waals surface area (Å²) in [5.74, 6) is 0. The van der Waals surface area contributed by atoms with Crippen LogP contribution in [0.3, 0.4) is 0 Å². The van der Waals surface area contributed by atoms with Gasteiger partial charge in [0, 0.05) is 18.6 Å². The Labute approximate surface area is 105 Å². The molecule has 17 heavy (non-hydrogen) atoms. The van der Waals surface area contributed by atoms with Crippen LogP contribution in [-0.4, -0.2) is 0 Å². The molecule has 2 rings (SSSR count). The number of aryl methyl sites for hydroxylation is 2. The van der Waals surface area contributed by atoms with Crippen LogP contribution in [0.25, 0.3) is 0 Å². The highest BCUT2D eigenvalue weighted by Crippen LogP contribution is 1.92. The minimum atomic E-state index is 1.15. The molecule has 1 nitrogen and oxygen atoms in total. The van der Waals surface area contributed by atoms with Crippen molar-refractivity contribution >= 4 is 0 Å². The molecule has 1 aromatic carbocycles. The Morgan fingerprint density at radius 3 is 1.94 bits per heavy atom. The van der Waals surface area contributed by atoms with Gasteiger partial charge in [-0.1, -0.05) is 55.3 Å². The SMILES string of the molecule is CCCC[n+]1ccccc1.Cc1ccccc1. The normalized spacial score (nSPS) is 9.29. The van der Waals surface area contributed by atoms with E-state index in [4.69, 9.17) is 0 Å². The number of benzene rings is 1. The second kappa shape index (κ2) is 8.51. The van der Waals surface area contributed by atoms with Gasteiger partial charge >= 0.3 is 0 Å². The number of pyridine rings is 1. The van der Waals surface area contributed by atoms with Gasteiger partial charge in [0.25, 0.3) is 0 Å². The van der Waals surface area contributed by atoms with Crippen molar-refractivity contribution in [1.82, 2.24) is 0 Å². The molecule has 1 aromatic heterocycles. The van der Waals surface area contributed by atoms with Crippen molar-refractivity contribution < 1.29 is 4.57 Å². The van der Waals surface area contributed by atoms with Crippen molar-refractivity contribution in [2.75, 3.05) is 0 Å². The number of rotatable bonds is 3. The summed E-state index contributed by atoms with van der Waals surface area (Å²) in [7, 11) is 0. The van der Waals surface area contributed by atoms with Gasteiger partial charge in [0.05, 0.1) is 0 Å². The Kier molecular flexibility index (Phi) is 6.73. The molecule has 0 aliphatic rings.